The highest BCUT2D eigenvalue weighted by Gasteiger charge is 2.41. The number of phenols is 4. The van der Waals surface area contributed by atoms with E-state index in [0.29, 0.717) is 38.5 Å². The van der Waals surface area contributed by atoms with Crippen molar-refractivity contribution in [2.75, 3.05) is 13.2 Å². The summed E-state index contributed by atoms with van der Waals surface area (Å²) in [6.07, 6.45) is 36.2. The van der Waals surface area contributed by atoms with Gasteiger partial charge in [0, 0.05) is 10.8 Å². The Labute approximate surface area is 658 Å². The lowest BCUT2D eigenvalue weighted by Crippen LogP contribution is -2.36. The highest BCUT2D eigenvalue weighted by molar-refractivity contribution is 5.91. The molecule has 0 bridgehead atoms. The molecule has 0 heterocycles. The van der Waals surface area contributed by atoms with Crippen LogP contribution in [0.15, 0.2) is 48.5 Å². The largest absolute Gasteiger partial charge is 0.507 e. The number of phenolic OH excluding ortho intramolecular Hbond substituents is 4. The molecule has 0 unspecified atom stereocenters. The predicted molar refractivity (Wildman–Crippen MR) is 458 cm³/mol. The quantitative estimate of drug-likeness (QED) is 0.0195. The zero-order valence-electron chi connectivity index (χ0n) is 74.2. The van der Waals surface area contributed by atoms with Gasteiger partial charge in [0.2, 0.25) is 0 Å². The van der Waals surface area contributed by atoms with Crippen molar-refractivity contribution < 1.29 is 39.5 Å². The first-order chi connectivity index (χ1) is 49.5. The highest BCUT2D eigenvalue weighted by atomic mass is 16.6. The van der Waals surface area contributed by atoms with Crippen molar-refractivity contribution in [3.63, 3.8) is 0 Å². The Kier molecular flexibility index (Phi) is 36.6. The normalized spacial score (nSPS) is 13.3. The summed E-state index contributed by atoms with van der Waals surface area (Å²) in [6, 6.07) is 17.3. The van der Waals surface area contributed by atoms with Gasteiger partial charge in [-0.2, -0.15) is 0 Å². The van der Waals surface area contributed by atoms with Gasteiger partial charge in [0.05, 0.1) is 13.2 Å². The van der Waals surface area contributed by atoms with Gasteiger partial charge in [0.1, 0.15) is 29.4 Å². The smallest absolute Gasteiger partial charge is 0.317 e. The second-order valence-corrected chi connectivity index (χ2v) is 42.0. The van der Waals surface area contributed by atoms with Gasteiger partial charge in [-0.15, -0.1) is 0 Å². The molecule has 8 heteroatoms. The molecular weight excluding hydrogens is 1320 g/mol. The molecule has 0 spiro atoms. The molecule has 0 atom stereocenters. The van der Waals surface area contributed by atoms with Gasteiger partial charge in [0.15, 0.2) is 0 Å². The lowest BCUT2D eigenvalue weighted by atomic mass is 9.70. The zero-order chi connectivity index (χ0) is 80.6. The summed E-state index contributed by atoms with van der Waals surface area (Å²) in [5.74, 6) is -0.417. The summed E-state index contributed by atoms with van der Waals surface area (Å²) in [7, 11) is 0. The van der Waals surface area contributed by atoms with Gasteiger partial charge < -0.3 is 29.9 Å². The van der Waals surface area contributed by atoms with E-state index in [1.807, 2.05) is 0 Å². The molecule has 0 radical (unpaired) electrons. The first-order valence-corrected chi connectivity index (χ1v) is 43.3. The predicted octanol–water partition coefficient (Wildman–Crippen LogP) is 28.4. The molecule has 608 valence electrons. The standard InChI is InChI=1S/C99H164O8/c1-27-29-31-33-35-37-39-41-43-45-47-49-51-53-55-98(66-72-57-76(90(3,4)5)61-80(86(72)102)94(15,16)17,67-73-58-77(91(6,7)8)62-81(87(73)103)95(18,19)20)70-106-84(100)65-85(101)107-71-99(56-54-52-50-48-46-44-42-40-38-36-34-32-30-28-2,68-74-59-78(92(9,10)11)63-82(88(74)104)96(21,22)23)69-75-60-79(93(12,13)14)64-83(89(75)105)97(24,25)26/h57-64,102-105H,27-56,65-71H2,1-26H3. The van der Waals surface area contributed by atoms with Gasteiger partial charge >= 0.3 is 11.9 Å². The number of unbranched alkanes of at least 4 members (excludes halogenated alkanes) is 26. The highest BCUT2D eigenvalue weighted by Crippen LogP contribution is 2.49. The van der Waals surface area contributed by atoms with Crippen LogP contribution in [-0.4, -0.2) is 45.6 Å². The van der Waals surface area contributed by atoms with Gasteiger partial charge in [-0.05, 0) is 149 Å². The number of carbonyl (C=O) groups is 2. The Bertz CT molecular complexity index is 2950. The van der Waals surface area contributed by atoms with Crippen molar-refractivity contribution in [3.8, 4) is 23.0 Å². The maximum atomic E-state index is 15.1. The molecule has 4 rings (SSSR count). The molecule has 0 aliphatic heterocycles. The molecule has 0 aromatic heterocycles. The molecule has 4 aromatic carbocycles. The molecule has 107 heavy (non-hydrogen) atoms. The molecule has 8 nitrogen and oxygen atoms in total. The van der Waals surface area contributed by atoms with E-state index in [1.165, 1.54) is 128 Å². The minimum atomic E-state index is -0.851. The van der Waals surface area contributed by atoms with E-state index >= 15 is 9.59 Å². The topological polar surface area (TPSA) is 134 Å². The van der Waals surface area contributed by atoms with Crippen LogP contribution < -0.4 is 0 Å². The van der Waals surface area contributed by atoms with Crippen molar-refractivity contribution in [3.05, 3.63) is 115 Å². The van der Waals surface area contributed by atoms with Crippen molar-refractivity contribution in [2.24, 2.45) is 10.8 Å². The summed E-state index contributed by atoms with van der Waals surface area (Å²) in [4.78, 5) is 30.3. The fourth-order valence-electron chi connectivity index (χ4n) is 15.9. The van der Waals surface area contributed by atoms with Crippen molar-refractivity contribution in [1.29, 1.82) is 0 Å². The molecular formula is C99H164O8. The van der Waals surface area contributed by atoms with Gasteiger partial charge in [-0.1, -0.05) is 408 Å². The Hall–Kier alpha value is -4.98. The molecule has 4 N–H and O–H groups in total. The third-order valence-electron chi connectivity index (χ3n) is 23.2. The van der Waals surface area contributed by atoms with Crippen LogP contribution in [0, 0.1) is 10.8 Å². The van der Waals surface area contributed by atoms with Crippen LogP contribution in [-0.2, 0) is 88.1 Å². The van der Waals surface area contributed by atoms with E-state index in [2.05, 4.69) is 229 Å². The van der Waals surface area contributed by atoms with Crippen LogP contribution in [0.25, 0.3) is 0 Å². The average Bonchev–Trinajstić information content (AvgIpc) is 0.783. The van der Waals surface area contributed by atoms with Crippen LogP contribution >= 0.6 is 0 Å². The Morgan fingerprint density at radius 1 is 0.262 bits per heavy atom. The van der Waals surface area contributed by atoms with Crippen LogP contribution in [0.3, 0.4) is 0 Å². The maximum absolute atomic E-state index is 15.1. The average molecular weight is 1480 g/mol. The van der Waals surface area contributed by atoms with Crippen LogP contribution in [0.5, 0.6) is 23.0 Å². The lowest BCUT2D eigenvalue weighted by Gasteiger charge is -2.37. The third-order valence-corrected chi connectivity index (χ3v) is 23.2. The molecule has 0 fully saturated rings. The van der Waals surface area contributed by atoms with E-state index in [-0.39, 0.29) is 57.9 Å². The van der Waals surface area contributed by atoms with Crippen molar-refractivity contribution in [1.82, 2.24) is 0 Å². The molecule has 4 aromatic rings. The fraction of sp³-hybridized carbons (Fsp3) is 0.737. The van der Waals surface area contributed by atoms with Crippen LogP contribution in [0.2, 0.25) is 0 Å². The van der Waals surface area contributed by atoms with Crippen LogP contribution in [0.4, 0.5) is 0 Å². The lowest BCUT2D eigenvalue weighted by molar-refractivity contribution is -0.158. The molecule has 0 amide bonds. The second-order valence-electron chi connectivity index (χ2n) is 42.0. The fourth-order valence-corrected chi connectivity index (χ4v) is 15.9. The Balaban J connectivity index is 1.90. The van der Waals surface area contributed by atoms with Crippen molar-refractivity contribution in [2.45, 2.75) is 448 Å². The Morgan fingerprint density at radius 3 is 0.607 bits per heavy atom. The van der Waals surface area contributed by atoms with E-state index in [4.69, 9.17) is 9.47 Å². The van der Waals surface area contributed by atoms with E-state index in [9.17, 15) is 20.4 Å². The monoisotopic (exact) mass is 1480 g/mol. The van der Waals surface area contributed by atoms with Crippen LogP contribution in [0.1, 0.15) is 446 Å². The number of aromatic hydroxyl groups is 4. The van der Waals surface area contributed by atoms with E-state index in [0.717, 1.165) is 118 Å². The number of hydrogen-bond acceptors (Lipinski definition) is 8. The number of rotatable bonds is 44. The minimum Gasteiger partial charge on any atom is -0.507 e. The molecule has 0 saturated heterocycles. The Morgan fingerprint density at radius 2 is 0.439 bits per heavy atom. The summed E-state index contributed by atoms with van der Waals surface area (Å²) in [6.45, 7) is 56.7. The minimum absolute atomic E-state index is 0.0618. The summed E-state index contributed by atoms with van der Waals surface area (Å²) >= 11 is 0. The summed E-state index contributed by atoms with van der Waals surface area (Å²) in [5, 5.41) is 51.0. The molecule has 0 saturated carbocycles. The third kappa shape index (κ3) is 31.6. The van der Waals surface area contributed by atoms with E-state index < -0.39 is 50.8 Å². The number of esters is 2. The number of carbonyl (C=O) groups excluding carboxylic acids is 2. The number of ether oxygens (including phenoxy) is 2. The summed E-state index contributed by atoms with van der Waals surface area (Å²) < 4.78 is 13.4. The van der Waals surface area contributed by atoms with Gasteiger partial charge in [-0.3, -0.25) is 9.59 Å². The first-order valence-electron chi connectivity index (χ1n) is 43.3. The number of hydrogen-bond donors (Lipinski definition) is 4. The van der Waals surface area contributed by atoms with Crippen molar-refractivity contribution >= 4 is 11.9 Å². The molecule has 0 aliphatic carbocycles. The second kappa shape index (κ2) is 41.5. The maximum Gasteiger partial charge on any atom is 0.317 e. The molecule has 0 aliphatic rings. The summed E-state index contributed by atoms with van der Waals surface area (Å²) in [5.41, 5.74) is 6.67. The number of benzene rings is 4. The van der Waals surface area contributed by atoms with Gasteiger partial charge in [0.25, 0.3) is 0 Å². The van der Waals surface area contributed by atoms with E-state index in [1.54, 1.807) is 0 Å². The zero-order valence-corrected chi connectivity index (χ0v) is 74.2. The SMILES string of the molecule is CCCCCCCCCCCCCCCCC(COC(=O)CC(=O)OCC(CCCCCCCCCCCCCCCC)(Cc1cc(C(C)(C)C)cc(C(C)(C)C)c1O)Cc1cc(C(C)(C)C)cc(C(C)(C)C)c1O)(Cc1cc(C(C)(C)C)cc(C(C)(C)C)c1O)Cc1cc(C(C)(C)C)cc(C(C)(C)C)c1O. The van der Waals surface area contributed by atoms with Gasteiger partial charge in [-0.25, -0.2) is 0 Å². The first kappa shape index (κ1) is 94.4.